The van der Waals surface area contributed by atoms with Crippen LogP contribution in [0, 0.1) is 12.7 Å². The normalized spacial score (nSPS) is 19.5. The molecule has 0 aliphatic carbocycles. The third-order valence-corrected chi connectivity index (χ3v) is 7.79. The lowest BCUT2D eigenvalue weighted by Crippen LogP contribution is -2.58. The second kappa shape index (κ2) is 13.1. The summed E-state index contributed by atoms with van der Waals surface area (Å²) >= 11 is 0. The predicted octanol–water partition coefficient (Wildman–Crippen LogP) is 2.85. The van der Waals surface area contributed by atoms with Crippen LogP contribution in [-0.4, -0.2) is 71.8 Å². The zero-order valence-corrected chi connectivity index (χ0v) is 24.5. The standard InChI is InChI=1S/C31H36FN5O6/c1-4-23-18(2)30(36-35-23)31(40)37-10-9-25-24(16-37)34-29(39)17-42-27-13-19(5-7-26(27)41-3)6-8-28(38)33-15-20-11-21(32)14-22(12-20)43-25/h5,7,11-14,24-25H,4,6,8-10,15-17H2,1-3H3,(H,33,38)(H,34,39)(H,35,36)/t24-,25-/m1/s1. The fraction of sp³-hybridized carbons (Fsp3) is 0.419. The molecule has 1 fully saturated rings. The summed E-state index contributed by atoms with van der Waals surface area (Å²) in [5.41, 5.74) is 3.40. The molecule has 3 N–H and O–H groups in total. The summed E-state index contributed by atoms with van der Waals surface area (Å²) in [6, 6.07) is 8.94. The minimum absolute atomic E-state index is 0.125. The third kappa shape index (κ3) is 7.07. The van der Waals surface area contributed by atoms with E-state index >= 15 is 0 Å². The molecule has 3 amide bonds. The van der Waals surface area contributed by atoms with E-state index in [0.29, 0.717) is 48.6 Å². The number of carbonyl (C=O) groups is 3. The van der Waals surface area contributed by atoms with E-state index in [1.165, 1.54) is 19.2 Å². The van der Waals surface area contributed by atoms with Gasteiger partial charge in [0.15, 0.2) is 23.8 Å². The third-order valence-electron chi connectivity index (χ3n) is 7.79. The maximum absolute atomic E-state index is 14.6. The van der Waals surface area contributed by atoms with Gasteiger partial charge in [-0.3, -0.25) is 19.5 Å². The van der Waals surface area contributed by atoms with Gasteiger partial charge in [-0.1, -0.05) is 13.0 Å². The highest BCUT2D eigenvalue weighted by molar-refractivity contribution is 5.94. The van der Waals surface area contributed by atoms with Crippen molar-refractivity contribution in [2.45, 2.75) is 58.2 Å². The van der Waals surface area contributed by atoms with Crippen LogP contribution >= 0.6 is 0 Å². The highest BCUT2D eigenvalue weighted by atomic mass is 19.1. The fourth-order valence-corrected chi connectivity index (χ4v) is 5.42. The SMILES string of the molecule is CCc1[nH]nc(C(=O)N2CC[C@H]3Oc4cc(F)cc(c4)CNC(=O)CCc4ccc(OC)c(c4)OCC(=O)N[C@@H]3C2)c1C. The number of fused-ring (bicyclic) bond motifs is 5. The van der Waals surface area contributed by atoms with E-state index in [9.17, 15) is 18.8 Å². The number of benzene rings is 2. The van der Waals surface area contributed by atoms with Crippen molar-refractivity contribution in [1.29, 1.82) is 0 Å². The van der Waals surface area contributed by atoms with E-state index in [-0.39, 0.29) is 43.7 Å². The molecule has 2 aliphatic heterocycles. The number of ether oxygens (including phenoxy) is 3. The van der Waals surface area contributed by atoms with E-state index in [1.807, 2.05) is 19.9 Å². The van der Waals surface area contributed by atoms with Gasteiger partial charge in [0.2, 0.25) is 5.91 Å². The molecule has 3 aromatic rings. The van der Waals surface area contributed by atoms with Crippen molar-refractivity contribution in [2.24, 2.45) is 0 Å². The Bertz CT molecular complexity index is 1510. The van der Waals surface area contributed by atoms with Crippen LogP contribution in [-0.2, 0) is 29.0 Å². The Morgan fingerprint density at radius 1 is 1.14 bits per heavy atom. The Balaban J connectivity index is 1.42. The topological polar surface area (TPSA) is 135 Å². The first-order valence-electron chi connectivity index (χ1n) is 14.4. The molecule has 2 aromatic carbocycles. The van der Waals surface area contributed by atoms with Crippen LogP contribution in [0.25, 0.3) is 0 Å². The minimum atomic E-state index is -0.628. The number of amides is 3. The summed E-state index contributed by atoms with van der Waals surface area (Å²) in [5.74, 6) is -0.290. The number of piperidine rings is 1. The number of carbonyl (C=O) groups excluding carboxylic acids is 3. The number of hydrogen-bond donors (Lipinski definition) is 3. The van der Waals surface area contributed by atoms with Gasteiger partial charge in [-0.25, -0.2) is 4.39 Å². The van der Waals surface area contributed by atoms with Gasteiger partial charge in [0.1, 0.15) is 17.7 Å². The van der Waals surface area contributed by atoms with Crippen molar-refractivity contribution in [3.8, 4) is 17.2 Å². The Kier molecular flexibility index (Phi) is 9.13. The number of aryl methyl sites for hydroxylation is 2. The zero-order chi connectivity index (χ0) is 30.5. The second-order valence-electron chi connectivity index (χ2n) is 10.7. The van der Waals surface area contributed by atoms with E-state index < -0.39 is 23.9 Å². The quantitative estimate of drug-likeness (QED) is 0.425. The van der Waals surface area contributed by atoms with Gasteiger partial charge in [0, 0.05) is 49.8 Å². The first-order valence-corrected chi connectivity index (χ1v) is 14.4. The van der Waals surface area contributed by atoms with Crippen LogP contribution in [0.3, 0.4) is 0 Å². The van der Waals surface area contributed by atoms with Gasteiger partial charge in [-0.15, -0.1) is 0 Å². The van der Waals surface area contributed by atoms with Crippen LogP contribution < -0.4 is 24.8 Å². The Morgan fingerprint density at radius 2 is 1.98 bits per heavy atom. The van der Waals surface area contributed by atoms with Gasteiger partial charge in [0.25, 0.3) is 11.8 Å². The smallest absolute Gasteiger partial charge is 0.274 e. The molecule has 43 heavy (non-hydrogen) atoms. The molecule has 5 rings (SSSR count). The largest absolute Gasteiger partial charge is 0.493 e. The lowest BCUT2D eigenvalue weighted by Gasteiger charge is -2.38. The summed E-state index contributed by atoms with van der Waals surface area (Å²) in [7, 11) is 1.51. The summed E-state index contributed by atoms with van der Waals surface area (Å²) in [5, 5.41) is 13.0. The highest BCUT2D eigenvalue weighted by Crippen LogP contribution is 2.29. The van der Waals surface area contributed by atoms with Crippen molar-refractivity contribution >= 4 is 17.7 Å². The lowest BCUT2D eigenvalue weighted by atomic mass is 10.0. The number of likely N-dealkylation sites (tertiary alicyclic amines) is 1. The van der Waals surface area contributed by atoms with Crippen molar-refractivity contribution in [3.63, 3.8) is 0 Å². The number of aromatic nitrogens is 2. The van der Waals surface area contributed by atoms with Crippen molar-refractivity contribution in [3.05, 3.63) is 70.3 Å². The summed E-state index contributed by atoms with van der Waals surface area (Å²) < 4.78 is 32.0. The molecule has 228 valence electrons. The number of nitrogens with zero attached hydrogens (tertiary/aromatic N) is 2. The molecule has 4 bridgehead atoms. The summed E-state index contributed by atoms with van der Waals surface area (Å²) in [6.45, 7) is 4.14. The van der Waals surface area contributed by atoms with Crippen LogP contribution in [0.2, 0.25) is 0 Å². The lowest BCUT2D eigenvalue weighted by molar-refractivity contribution is -0.125. The molecular formula is C31H36FN5O6. The van der Waals surface area contributed by atoms with E-state index in [4.69, 9.17) is 14.2 Å². The molecule has 0 saturated carbocycles. The number of nitrogens with one attached hydrogen (secondary N) is 3. The van der Waals surface area contributed by atoms with E-state index in [0.717, 1.165) is 16.8 Å². The van der Waals surface area contributed by atoms with Crippen molar-refractivity contribution in [1.82, 2.24) is 25.7 Å². The van der Waals surface area contributed by atoms with Crippen molar-refractivity contribution in [2.75, 3.05) is 26.8 Å². The zero-order valence-electron chi connectivity index (χ0n) is 24.5. The molecule has 11 nitrogen and oxygen atoms in total. The maximum atomic E-state index is 14.6. The van der Waals surface area contributed by atoms with Gasteiger partial charge in [0.05, 0.1) is 13.2 Å². The van der Waals surface area contributed by atoms with Gasteiger partial charge < -0.3 is 29.7 Å². The number of halogens is 1. The van der Waals surface area contributed by atoms with E-state index in [1.54, 1.807) is 23.1 Å². The molecule has 0 radical (unpaired) electrons. The van der Waals surface area contributed by atoms with Crippen LogP contribution in [0.4, 0.5) is 4.39 Å². The monoisotopic (exact) mass is 593 g/mol. The van der Waals surface area contributed by atoms with Gasteiger partial charge >= 0.3 is 0 Å². The first-order chi connectivity index (χ1) is 20.7. The molecule has 3 heterocycles. The first kappa shape index (κ1) is 29.9. The molecule has 2 aliphatic rings. The fourth-order valence-electron chi connectivity index (χ4n) is 5.42. The average Bonchev–Trinajstić information content (AvgIpc) is 3.37. The molecule has 12 heteroatoms. The second-order valence-corrected chi connectivity index (χ2v) is 10.7. The van der Waals surface area contributed by atoms with Crippen LogP contribution in [0.15, 0.2) is 36.4 Å². The Hall–Kier alpha value is -4.61. The minimum Gasteiger partial charge on any atom is -0.493 e. The number of aromatic amines is 1. The molecule has 0 spiro atoms. The maximum Gasteiger partial charge on any atom is 0.274 e. The summed E-state index contributed by atoms with van der Waals surface area (Å²) in [6.07, 6.45) is 1.16. The Morgan fingerprint density at radius 3 is 2.74 bits per heavy atom. The van der Waals surface area contributed by atoms with Crippen molar-refractivity contribution < 1.29 is 33.0 Å². The average molecular weight is 594 g/mol. The molecule has 1 saturated heterocycles. The highest BCUT2D eigenvalue weighted by Gasteiger charge is 2.36. The number of H-pyrrole nitrogens is 1. The Labute approximate surface area is 249 Å². The molecule has 0 unspecified atom stereocenters. The van der Waals surface area contributed by atoms with Crippen LogP contribution in [0.1, 0.15) is 52.6 Å². The predicted molar refractivity (Wildman–Crippen MR) is 155 cm³/mol. The van der Waals surface area contributed by atoms with Crippen LogP contribution in [0.5, 0.6) is 17.2 Å². The molecule has 2 atom stereocenters. The number of methoxy groups -OCH3 is 1. The van der Waals surface area contributed by atoms with Gasteiger partial charge in [-0.2, -0.15) is 5.10 Å². The molecule has 1 aromatic heterocycles. The van der Waals surface area contributed by atoms with Gasteiger partial charge in [-0.05, 0) is 55.2 Å². The summed E-state index contributed by atoms with van der Waals surface area (Å²) in [4.78, 5) is 40.8. The van der Waals surface area contributed by atoms with E-state index in [2.05, 4.69) is 20.8 Å². The molecular weight excluding hydrogens is 557 g/mol. The number of hydrogen-bond acceptors (Lipinski definition) is 7. The number of rotatable bonds is 3.